The van der Waals surface area contributed by atoms with Gasteiger partial charge in [-0.2, -0.15) is 0 Å². The Morgan fingerprint density at radius 2 is 1.82 bits per heavy atom. The Morgan fingerprint density at radius 1 is 1.00 bits per heavy atom. The van der Waals surface area contributed by atoms with E-state index in [2.05, 4.69) is 5.32 Å². The fourth-order valence-corrected chi connectivity index (χ4v) is 4.34. The lowest BCUT2D eigenvalue weighted by molar-refractivity contribution is -0.124. The average molecular weight is 391 g/mol. The van der Waals surface area contributed by atoms with E-state index in [1.807, 2.05) is 60.0 Å². The highest BCUT2D eigenvalue weighted by Gasteiger charge is 2.20. The molecule has 2 aromatic carbocycles. The summed E-state index contributed by atoms with van der Waals surface area (Å²) in [7, 11) is 0. The number of carbonyl (C=O) groups is 2. The largest absolute Gasteiger partial charge is 0.452 e. The van der Waals surface area contributed by atoms with Crippen molar-refractivity contribution in [2.45, 2.75) is 25.3 Å². The van der Waals surface area contributed by atoms with E-state index in [1.54, 1.807) is 17.4 Å². The number of nitrogens with one attached hydrogen (secondary N) is 1. The van der Waals surface area contributed by atoms with Gasteiger partial charge >= 0.3 is 5.97 Å². The zero-order chi connectivity index (χ0) is 19.3. The van der Waals surface area contributed by atoms with Gasteiger partial charge in [-0.3, -0.25) is 4.79 Å². The van der Waals surface area contributed by atoms with Gasteiger partial charge in [0.05, 0.1) is 11.6 Å². The molecular weight excluding hydrogens is 370 g/mol. The van der Waals surface area contributed by atoms with Crippen LogP contribution in [0.15, 0.2) is 66.0 Å². The Bertz CT molecular complexity index is 967. The van der Waals surface area contributed by atoms with Crippen LogP contribution in [0.2, 0.25) is 0 Å². The van der Waals surface area contributed by atoms with Crippen LogP contribution in [0.1, 0.15) is 44.4 Å². The summed E-state index contributed by atoms with van der Waals surface area (Å²) in [5.74, 6) is -0.783. The molecule has 4 rings (SSSR count). The number of hydrogen-bond acceptors (Lipinski definition) is 4. The van der Waals surface area contributed by atoms with Gasteiger partial charge in [0.2, 0.25) is 0 Å². The number of fused-ring (bicyclic) bond motifs is 1. The third kappa shape index (κ3) is 4.15. The maximum atomic E-state index is 12.5. The van der Waals surface area contributed by atoms with Gasteiger partial charge < -0.3 is 10.1 Å². The zero-order valence-electron chi connectivity index (χ0n) is 15.4. The van der Waals surface area contributed by atoms with Crippen LogP contribution in [0.5, 0.6) is 0 Å². The van der Waals surface area contributed by atoms with Crippen molar-refractivity contribution in [3.8, 4) is 0 Å². The first kappa shape index (κ1) is 18.4. The Morgan fingerprint density at radius 3 is 2.61 bits per heavy atom. The van der Waals surface area contributed by atoms with Crippen LogP contribution < -0.4 is 5.32 Å². The second-order valence-electron chi connectivity index (χ2n) is 6.84. The highest BCUT2D eigenvalue weighted by atomic mass is 32.1. The average Bonchev–Trinajstić information content (AvgIpc) is 3.42. The van der Waals surface area contributed by atoms with Gasteiger partial charge in [0, 0.05) is 4.88 Å². The Balaban J connectivity index is 1.39. The normalized spacial score (nSPS) is 13.6. The molecule has 1 N–H and O–H groups in total. The zero-order valence-corrected chi connectivity index (χ0v) is 16.2. The van der Waals surface area contributed by atoms with Gasteiger partial charge in [0.15, 0.2) is 6.61 Å². The molecule has 0 bridgehead atoms. The number of benzene rings is 2. The monoisotopic (exact) mass is 391 g/mol. The summed E-state index contributed by atoms with van der Waals surface area (Å²) < 4.78 is 5.26. The van der Waals surface area contributed by atoms with E-state index in [0.29, 0.717) is 5.56 Å². The molecule has 1 aliphatic rings. The Hall–Kier alpha value is -2.92. The number of ether oxygens (including phenoxy) is 1. The van der Waals surface area contributed by atoms with Gasteiger partial charge in [-0.25, -0.2) is 4.79 Å². The number of carbonyl (C=O) groups excluding carboxylic acids is 2. The number of thiophene rings is 1. The smallest absolute Gasteiger partial charge is 0.338 e. The first-order valence-electron chi connectivity index (χ1n) is 9.37. The predicted molar refractivity (Wildman–Crippen MR) is 109 cm³/mol. The molecule has 142 valence electrons. The van der Waals surface area contributed by atoms with E-state index in [0.717, 1.165) is 29.7 Å². The van der Waals surface area contributed by atoms with Crippen molar-refractivity contribution in [3.63, 3.8) is 0 Å². The lowest BCUT2D eigenvalue weighted by atomic mass is 10.1. The van der Waals surface area contributed by atoms with Crippen molar-refractivity contribution < 1.29 is 14.3 Å². The number of hydrogen-bond donors (Lipinski definition) is 1. The van der Waals surface area contributed by atoms with E-state index >= 15 is 0 Å². The van der Waals surface area contributed by atoms with Crippen molar-refractivity contribution in [1.82, 2.24) is 5.32 Å². The molecular formula is C23H21NO3S. The molecule has 0 saturated heterocycles. The molecule has 4 nitrogen and oxygen atoms in total. The molecule has 0 aliphatic heterocycles. The summed E-state index contributed by atoms with van der Waals surface area (Å²) in [5.41, 5.74) is 4.01. The van der Waals surface area contributed by atoms with E-state index in [4.69, 9.17) is 4.74 Å². The predicted octanol–water partition coefficient (Wildman–Crippen LogP) is 4.30. The Labute approximate surface area is 168 Å². The van der Waals surface area contributed by atoms with Crippen molar-refractivity contribution in [2.24, 2.45) is 0 Å². The Kier molecular flexibility index (Phi) is 5.53. The molecule has 1 atom stereocenters. The summed E-state index contributed by atoms with van der Waals surface area (Å²) in [5, 5.41) is 4.96. The van der Waals surface area contributed by atoms with Crippen LogP contribution in [-0.2, 0) is 22.4 Å². The lowest BCUT2D eigenvalue weighted by Gasteiger charge is -2.18. The van der Waals surface area contributed by atoms with Gasteiger partial charge in [0.25, 0.3) is 5.91 Å². The summed E-state index contributed by atoms with van der Waals surface area (Å²) in [6.07, 6.45) is 3.19. The second-order valence-corrected chi connectivity index (χ2v) is 7.82. The molecule has 0 unspecified atom stereocenters. The van der Waals surface area contributed by atoms with Crippen LogP contribution in [0.3, 0.4) is 0 Å². The van der Waals surface area contributed by atoms with Crippen LogP contribution in [0.4, 0.5) is 0 Å². The summed E-state index contributed by atoms with van der Waals surface area (Å²) in [4.78, 5) is 25.8. The molecule has 0 saturated carbocycles. The van der Waals surface area contributed by atoms with Crippen LogP contribution >= 0.6 is 11.3 Å². The quantitative estimate of drug-likeness (QED) is 0.638. The number of aryl methyl sites for hydroxylation is 2. The van der Waals surface area contributed by atoms with Crippen molar-refractivity contribution in [3.05, 3.63) is 93.2 Å². The van der Waals surface area contributed by atoms with Gasteiger partial charge in [0.1, 0.15) is 0 Å². The van der Waals surface area contributed by atoms with E-state index in [-0.39, 0.29) is 18.6 Å². The first-order chi connectivity index (χ1) is 13.7. The minimum Gasteiger partial charge on any atom is -0.452 e. The summed E-state index contributed by atoms with van der Waals surface area (Å²) in [6.45, 7) is -0.301. The van der Waals surface area contributed by atoms with E-state index in [1.165, 1.54) is 11.1 Å². The summed E-state index contributed by atoms with van der Waals surface area (Å²) >= 11 is 1.58. The van der Waals surface area contributed by atoms with Crippen LogP contribution in [0.25, 0.3) is 0 Å². The van der Waals surface area contributed by atoms with E-state index in [9.17, 15) is 9.59 Å². The standard InChI is InChI=1S/C23H21NO3S/c25-21(15-27-23(26)19-12-11-16-8-4-9-18(16)14-19)24-22(20-10-5-13-28-20)17-6-2-1-3-7-17/h1-3,5-7,10-14,22H,4,8-9,15H2,(H,24,25)/t22-/m1/s1. The highest BCUT2D eigenvalue weighted by molar-refractivity contribution is 7.10. The number of amides is 1. The number of esters is 1. The maximum absolute atomic E-state index is 12.5. The van der Waals surface area contributed by atoms with Gasteiger partial charge in [-0.15, -0.1) is 11.3 Å². The lowest BCUT2D eigenvalue weighted by Crippen LogP contribution is -2.32. The fourth-order valence-electron chi connectivity index (χ4n) is 3.54. The second kappa shape index (κ2) is 8.40. The minimum atomic E-state index is -0.461. The first-order valence-corrected chi connectivity index (χ1v) is 10.3. The summed E-state index contributed by atoms with van der Waals surface area (Å²) in [6, 6.07) is 19.1. The molecule has 1 heterocycles. The third-order valence-corrected chi connectivity index (χ3v) is 5.87. The molecule has 1 aliphatic carbocycles. The van der Waals surface area contributed by atoms with Crippen molar-refractivity contribution >= 4 is 23.2 Å². The maximum Gasteiger partial charge on any atom is 0.338 e. The SMILES string of the molecule is O=C(COC(=O)c1ccc2c(c1)CCC2)N[C@H](c1ccccc1)c1cccs1. The van der Waals surface area contributed by atoms with Crippen molar-refractivity contribution in [1.29, 1.82) is 0 Å². The molecule has 1 aromatic heterocycles. The van der Waals surface area contributed by atoms with Gasteiger partial charge in [-0.1, -0.05) is 42.5 Å². The minimum absolute atomic E-state index is 0.257. The van der Waals surface area contributed by atoms with Crippen molar-refractivity contribution in [2.75, 3.05) is 6.61 Å². The van der Waals surface area contributed by atoms with Gasteiger partial charge in [-0.05, 0) is 59.5 Å². The topological polar surface area (TPSA) is 55.4 Å². The molecule has 3 aromatic rings. The van der Waals surface area contributed by atoms with E-state index < -0.39 is 5.97 Å². The molecule has 0 fully saturated rings. The molecule has 5 heteroatoms. The fraction of sp³-hybridized carbons (Fsp3) is 0.217. The highest BCUT2D eigenvalue weighted by Crippen LogP contribution is 2.26. The molecule has 0 spiro atoms. The van der Waals surface area contributed by atoms with Crippen LogP contribution in [0, 0.1) is 0 Å². The molecule has 1 amide bonds. The number of rotatable bonds is 6. The molecule has 28 heavy (non-hydrogen) atoms. The molecule has 0 radical (unpaired) electrons. The third-order valence-electron chi connectivity index (χ3n) is 4.93. The van der Waals surface area contributed by atoms with Crippen LogP contribution in [-0.4, -0.2) is 18.5 Å².